The number of carbonyl (C=O) groups is 1. The highest BCUT2D eigenvalue weighted by atomic mass is 19.1. The summed E-state index contributed by atoms with van der Waals surface area (Å²) in [6, 6.07) is 3.42. The number of nitrogens with two attached hydrogens (primary N) is 1. The summed E-state index contributed by atoms with van der Waals surface area (Å²) in [6.45, 7) is 20.4. The van der Waals surface area contributed by atoms with Gasteiger partial charge < -0.3 is 16.4 Å². The summed E-state index contributed by atoms with van der Waals surface area (Å²) < 4.78 is 24.4. The number of aryl methyl sites for hydroxylation is 1. The van der Waals surface area contributed by atoms with Crippen molar-refractivity contribution in [2.75, 3.05) is 26.7 Å². The van der Waals surface area contributed by atoms with Crippen molar-refractivity contribution in [2.24, 2.45) is 5.73 Å². The molecule has 0 spiro atoms. The first-order valence-electron chi connectivity index (χ1n) is 14.3. The van der Waals surface area contributed by atoms with E-state index in [-0.39, 0.29) is 5.91 Å². The second-order valence-electron chi connectivity index (χ2n) is 7.84. The first kappa shape index (κ1) is 42.8. The first-order valence-corrected chi connectivity index (χ1v) is 14.3. The minimum absolute atomic E-state index is 0.0457. The zero-order valence-electron chi connectivity index (χ0n) is 26.1. The summed E-state index contributed by atoms with van der Waals surface area (Å²) in [5.74, 6) is -0.996. The fourth-order valence-electron chi connectivity index (χ4n) is 2.90. The van der Waals surface area contributed by atoms with Crippen LogP contribution in [-0.4, -0.2) is 32.6 Å². The van der Waals surface area contributed by atoms with E-state index < -0.39 is 11.6 Å². The van der Waals surface area contributed by atoms with Crippen LogP contribution in [0.2, 0.25) is 0 Å². The summed E-state index contributed by atoms with van der Waals surface area (Å²) >= 11 is 0. The maximum Gasteiger partial charge on any atom is 0.216 e. The monoisotopic (exact) mass is 539 g/mol. The number of hydrogen-bond acceptors (Lipinski definition) is 3. The van der Waals surface area contributed by atoms with Crippen molar-refractivity contribution >= 4 is 5.91 Å². The number of allylic oxidation sites excluding steroid dienone is 5. The topological polar surface area (TPSA) is 67.1 Å². The summed E-state index contributed by atoms with van der Waals surface area (Å²) in [6.07, 6.45) is 16.0. The van der Waals surface area contributed by atoms with Gasteiger partial charge in [-0.1, -0.05) is 97.6 Å². The summed E-state index contributed by atoms with van der Waals surface area (Å²) in [7, 11) is 1.50. The molecule has 0 saturated carbocycles. The molecule has 0 radical (unpaired) electrons. The van der Waals surface area contributed by atoms with Crippen LogP contribution >= 0.6 is 0 Å². The van der Waals surface area contributed by atoms with E-state index in [1.165, 1.54) is 49.6 Å². The van der Waals surface area contributed by atoms with Gasteiger partial charge in [0.2, 0.25) is 5.91 Å². The summed E-state index contributed by atoms with van der Waals surface area (Å²) in [5.41, 5.74) is 7.92. The molecule has 6 heteroatoms. The highest BCUT2D eigenvalue weighted by Crippen LogP contribution is 2.14. The highest BCUT2D eigenvalue weighted by Gasteiger charge is 2.00. The molecule has 0 aliphatic heterocycles. The van der Waals surface area contributed by atoms with Gasteiger partial charge in [0.1, 0.15) is 11.6 Å². The van der Waals surface area contributed by atoms with Crippen LogP contribution in [0.4, 0.5) is 8.78 Å². The smallest absolute Gasteiger partial charge is 0.216 e. The lowest BCUT2D eigenvalue weighted by atomic mass is 10.1. The Morgan fingerprint density at radius 2 is 1.47 bits per heavy atom. The molecular formula is C32H59F2N3O. The van der Waals surface area contributed by atoms with Crippen LogP contribution in [-0.2, 0) is 4.79 Å². The van der Waals surface area contributed by atoms with Gasteiger partial charge in [0.05, 0.1) is 0 Å². The fraction of sp³-hybridized carbons (Fsp3) is 0.594. The highest BCUT2D eigenvalue weighted by molar-refractivity contribution is 5.72. The Labute approximate surface area is 234 Å². The van der Waals surface area contributed by atoms with Gasteiger partial charge in [-0.25, -0.2) is 8.78 Å². The third-order valence-corrected chi connectivity index (χ3v) is 4.59. The van der Waals surface area contributed by atoms with Gasteiger partial charge in [-0.15, -0.1) is 0 Å². The number of nitrogens with one attached hydrogen (secondary N) is 2. The lowest BCUT2D eigenvalue weighted by molar-refractivity contribution is -0.118. The van der Waals surface area contributed by atoms with Crippen molar-refractivity contribution in [2.45, 2.75) is 101 Å². The van der Waals surface area contributed by atoms with E-state index >= 15 is 0 Å². The van der Waals surface area contributed by atoms with E-state index in [0.29, 0.717) is 5.56 Å². The third-order valence-electron chi connectivity index (χ3n) is 4.59. The zero-order valence-corrected chi connectivity index (χ0v) is 26.1. The SMILES string of the molecule is CC.CC.CCC1=CC=CCC(CNCCCNC(C)=O)=C1.CCCCC.CN.Cc1cc(F)cc(F)c1. The molecule has 0 fully saturated rings. The molecule has 0 heterocycles. The van der Waals surface area contributed by atoms with E-state index in [0.717, 1.165) is 45.0 Å². The molecule has 1 aliphatic carbocycles. The fourth-order valence-corrected chi connectivity index (χ4v) is 2.90. The molecule has 1 amide bonds. The number of hydrogen-bond donors (Lipinski definition) is 3. The van der Waals surface area contributed by atoms with Crippen LogP contribution < -0.4 is 16.4 Å². The van der Waals surface area contributed by atoms with E-state index in [2.05, 4.69) is 61.4 Å². The maximum atomic E-state index is 12.2. The van der Waals surface area contributed by atoms with Gasteiger partial charge in [-0.2, -0.15) is 0 Å². The van der Waals surface area contributed by atoms with Crippen molar-refractivity contribution in [3.8, 4) is 0 Å². The number of halogens is 2. The molecular weight excluding hydrogens is 480 g/mol. The molecule has 222 valence electrons. The molecule has 1 aromatic carbocycles. The van der Waals surface area contributed by atoms with Crippen LogP contribution in [0.3, 0.4) is 0 Å². The molecule has 1 aromatic rings. The van der Waals surface area contributed by atoms with E-state index in [4.69, 9.17) is 0 Å². The Bertz CT molecular complexity index is 692. The molecule has 4 N–H and O–H groups in total. The maximum absolute atomic E-state index is 12.2. The normalized spacial score (nSPS) is 10.9. The molecule has 0 bridgehead atoms. The van der Waals surface area contributed by atoms with Crippen LogP contribution in [0.5, 0.6) is 0 Å². The number of carbonyl (C=O) groups excluding carboxylic acids is 1. The lowest BCUT2D eigenvalue weighted by Gasteiger charge is -2.08. The van der Waals surface area contributed by atoms with Gasteiger partial charge in [-0.3, -0.25) is 4.79 Å². The zero-order chi connectivity index (χ0) is 30.2. The Morgan fingerprint density at radius 1 is 0.921 bits per heavy atom. The van der Waals surface area contributed by atoms with Gasteiger partial charge in [0, 0.05) is 26.1 Å². The van der Waals surface area contributed by atoms with Gasteiger partial charge >= 0.3 is 0 Å². The Kier molecular flexibility index (Phi) is 39.0. The molecule has 0 atom stereocenters. The molecule has 0 saturated heterocycles. The number of amides is 1. The van der Waals surface area contributed by atoms with Crippen molar-refractivity contribution in [3.05, 3.63) is 70.8 Å². The number of benzene rings is 1. The average molecular weight is 540 g/mol. The van der Waals surface area contributed by atoms with Crippen molar-refractivity contribution in [1.29, 1.82) is 0 Å². The first-order chi connectivity index (χ1) is 18.3. The van der Waals surface area contributed by atoms with Crippen molar-refractivity contribution < 1.29 is 13.6 Å². The number of rotatable bonds is 9. The predicted octanol–water partition coefficient (Wildman–Crippen LogP) is 8.42. The third kappa shape index (κ3) is 31.7. The summed E-state index contributed by atoms with van der Waals surface area (Å²) in [5, 5.41) is 6.22. The van der Waals surface area contributed by atoms with Crippen LogP contribution in [0.1, 0.15) is 99.5 Å². The standard InChI is InChI=1S/C15H24N2O.C7H6F2.C5H12.2C2H6.CH5N/c1-3-14-7-4-5-8-15(11-14)12-16-9-6-10-17-13(2)18;1-5-2-6(8)4-7(9)3-5;1-3-5-4-2;3*1-2/h4-5,7,11,16H,3,6,8-10,12H2,1-2H3,(H,17,18);2-4H,1H3;3-5H2,1-2H3;2*1-2H3;2H2,1H3. The molecule has 0 unspecified atom stereocenters. The Morgan fingerprint density at radius 3 is 1.89 bits per heavy atom. The minimum atomic E-state index is -0.521. The van der Waals surface area contributed by atoms with Crippen LogP contribution in [0.25, 0.3) is 0 Å². The van der Waals surface area contributed by atoms with Crippen LogP contribution in [0.15, 0.2) is 53.6 Å². The lowest BCUT2D eigenvalue weighted by Crippen LogP contribution is -2.26. The molecule has 4 nitrogen and oxygen atoms in total. The minimum Gasteiger partial charge on any atom is -0.356 e. The molecule has 38 heavy (non-hydrogen) atoms. The van der Waals surface area contributed by atoms with Crippen molar-refractivity contribution in [1.82, 2.24) is 10.6 Å². The molecule has 0 aromatic heterocycles. The van der Waals surface area contributed by atoms with Gasteiger partial charge in [0.15, 0.2) is 0 Å². The summed E-state index contributed by atoms with van der Waals surface area (Å²) in [4.78, 5) is 10.7. The van der Waals surface area contributed by atoms with E-state index in [9.17, 15) is 13.6 Å². The second kappa shape index (κ2) is 34.7. The predicted molar refractivity (Wildman–Crippen MR) is 165 cm³/mol. The Hall–Kier alpha value is -2.31. The van der Waals surface area contributed by atoms with Gasteiger partial charge in [0.25, 0.3) is 0 Å². The van der Waals surface area contributed by atoms with Crippen molar-refractivity contribution in [3.63, 3.8) is 0 Å². The molecule has 1 aliphatic rings. The number of unbranched alkanes of at least 4 members (excludes halogenated alkanes) is 2. The van der Waals surface area contributed by atoms with Crippen LogP contribution in [0, 0.1) is 18.6 Å². The Balaban J connectivity index is -0.000000241. The largest absolute Gasteiger partial charge is 0.356 e. The van der Waals surface area contributed by atoms with E-state index in [1.807, 2.05) is 27.7 Å². The van der Waals surface area contributed by atoms with Gasteiger partial charge in [-0.05, 0) is 63.0 Å². The average Bonchev–Trinajstić information content (AvgIpc) is 3.15. The quantitative estimate of drug-likeness (QED) is 0.276. The van der Waals surface area contributed by atoms with E-state index in [1.54, 1.807) is 13.8 Å². The molecule has 2 rings (SSSR count). The second-order valence-corrected chi connectivity index (χ2v) is 7.84.